The van der Waals surface area contributed by atoms with Crippen molar-refractivity contribution in [1.82, 2.24) is 0 Å². The number of nitrogens with two attached hydrogens (primary N) is 1. The zero-order chi connectivity index (χ0) is 12.4. The molecule has 2 heterocycles. The fourth-order valence-electron chi connectivity index (χ4n) is 2.85. The summed E-state index contributed by atoms with van der Waals surface area (Å²) in [6.45, 7) is 1.70. The van der Waals surface area contributed by atoms with E-state index in [4.69, 9.17) is 15.2 Å². The first-order chi connectivity index (χ1) is 8.83. The van der Waals surface area contributed by atoms with Crippen LogP contribution in [0.4, 0.5) is 0 Å². The fraction of sp³-hybridized carbons (Fsp3) is 0.600. The molecular weight excluding hydrogens is 226 g/mol. The minimum Gasteiger partial charge on any atom is -0.493 e. The SMILES string of the molecule is NC(CC1CCCCO1)c1ccc2c(c1)CCO2. The van der Waals surface area contributed by atoms with Gasteiger partial charge in [0, 0.05) is 19.1 Å². The smallest absolute Gasteiger partial charge is 0.122 e. The largest absolute Gasteiger partial charge is 0.493 e. The zero-order valence-corrected chi connectivity index (χ0v) is 10.7. The molecule has 2 aliphatic rings. The van der Waals surface area contributed by atoms with Crippen LogP contribution in [0.25, 0.3) is 0 Å². The Morgan fingerprint density at radius 2 is 2.22 bits per heavy atom. The molecule has 18 heavy (non-hydrogen) atoms. The summed E-state index contributed by atoms with van der Waals surface area (Å²) in [5, 5.41) is 0. The second-order valence-corrected chi connectivity index (χ2v) is 5.30. The molecule has 0 radical (unpaired) electrons. The number of fused-ring (bicyclic) bond motifs is 1. The number of benzene rings is 1. The van der Waals surface area contributed by atoms with Crippen LogP contribution in [-0.2, 0) is 11.2 Å². The van der Waals surface area contributed by atoms with Gasteiger partial charge in [-0.3, -0.25) is 0 Å². The van der Waals surface area contributed by atoms with E-state index in [1.54, 1.807) is 0 Å². The average Bonchev–Trinajstić information content (AvgIpc) is 2.87. The van der Waals surface area contributed by atoms with Crippen LogP contribution in [0.1, 0.15) is 42.9 Å². The monoisotopic (exact) mass is 247 g/mol. The highest BCUT2D eigenvalue weighted by molar-refractivity contribution is 5.40. The van der Waals surface area contributed by atoms with Crippen LogP contribution in [0.15, 0.2) is 18.2 Å². The quantitative estimate of drug-likeness (QED) is 0.893. The van der Waals surface area contributed by atoms with E-state index in [1.807, 2.05) is 0 Å². The molecule has 0 saturated carbocycles. The molecule has 0 aliphatic carbocycles. The van der Waals surface area contributed by atoms with Gasteiger partial charge in [0.25, 0.3) is 0 Å². The van der Waals surface area contributed by atoms with E-state index in [-0.39, 0.29) is 6.04 Å². The van der Waals surface area contributed by atoms with E-state index in [0.29, 0.717) is 6.10 Å². The van der Waals surface area contributed by atoms with Gasteiger partial charge in [0.1, 0.15) is 5.75 Å². The van der Waals surface area contributed by atoms with E-state index in [1.165, 1.54) is 24.0 Å². The molecule has 0 amide bonds. The maximum atomic E-state index is 6.30. The summed E-state index contributed by atoms with van der Waals surface area (Å²) in [6.07, 6.45) is 5.91. The van der Waals surface area contributed by atoms with Gasteiger partial charge in [-0.1, -0.05) is 12.1 Å². The third-order valence-corrected chi connectivity index (χ3v) is 3.93. The maximum absolute atomic E-state index is 6.30. The van der Waals surface area contributed by atoms with Crippen molar-refractivity contribution in [2.24, 2.45) is 5.73 Å². The third kappa shape index (κ3) is 2.52. The van der Waals surface area contributed by atoms with Crippen molar-refractivity contribution in [2.45, 2.75) is 44.2 Å². The summed E-state index contributed by atoms with van der Waals surface area (Å²) in [7, 11) is 0. The number of hydrogen-bond acceptors (Lipinski definition) is 3. The Morgan fingerprint density at radius 1 is 1.28 bits per heavy atom. The van der Waals surface area contributed by atoms with E-state index in [2.05, 4.69) is 18.2 Å². The molecule has 3 nitrogen and oxygen atoms in total. The fourth-order valence-corrected chi connectivity index (χ4v) is 2.85. The molecule has 2 N–H and O–H groups in total. The lowest BCUT2D eigenvalue weighted by Gasteiger charge is -2.25. The van der Waals surface area contributed by atoms with Gasteiger partial charge in [-0.05, 0) is 42.9 Å². The summed E-state index contributed by atoms with van der Waals surface area (Å²) < 4.78 is 11.3. The molecular formula is C15H21NO2. The topological polar surface area (TPSA) is 44.5 Å². The van der Waals surface area contributed by atoms with Crippen LogP contribution in [0.2, 0.25) is 0 Å². The number of rotatable bonds is 3. The molecule has 2 aliphatic heterocycles. The minimum atomic E-state index is 0.0824. The molecule has 1 aromatic rings. The lowest BCUT2D eigenvalue weighted by Crippen LogP contribution is -2.24. The summed E-state index contributed by atoms with van der Waals surface area (Å²) in [5.41, 5.74) is 8.81. The van der Waals surface area contributed by atoms with Gasteiger partial charge in [0.05, 0.1) is 12.7 Å². The van der Waals surface area contributed by atoms with E-state index in [0.717, 1.165) is 38.2 Å². The maximum Gasteiger partial charge on any atom is 0.122 e. The molecule has 2 unspecified atom stereocenters. The van der Waals surface area contributed by atoms with Crippen molar-refractivity contribution in [3.05, 3.63) is 29.3 Å². The molecule has 2 atom stereocenters. The molecule has 1 aromatic carbocycles. The standard InChI is InChI=1S/C15H21NO2/c16-14(10-13-3-1-2-7-17-13)11-4-5-15-12(9-11)6-8-18-15/h4-5,9,13-14H,1-3,6-8,10,16H2. The second kappa shape index (κ2) is 5.29. The Morgan fingerprint density at radius 3 is 3.06 bits per heavy atom. The van der Waals surface area contributed by atoms with Gasteiger partial charge in [0.2, 0.25) is 0 Å². The number of ether oxygens (including phenoxy) is 2. The van der Waals surface area contributed by atoms with E-state index < -0.39 is 0 Å². The Hall–Kier alpha value is -1.06. The Bertz CT molecular complexity index is 413. The normalized spacial score (nSPS) is 24.4. The summed E-state index contributed by atoms with van der Waals surface area (Å²) in [4.78, 5) is 0. The van der Waals surface area contributed by atoms with E-state index >= 15 is 0 Å². The molecule has 1 saturated heterocycles. The van der Waals surface area contributed by atoms with Crippen LogP contribution in [0.3, 0.4) is 0 Å². The van der Waals surface area contributed by atoms with Crippen LogP contribution in [0, 0.1) is 0 Å². The van der Waals surface area contributed by atoms with E-state index in [9.17, 15) is 0 Å². The highest BCUT2D eigenvalue weighted by atomic mass is 16.5. The molecule has 0 bridgehead atoms. The van der Waals surface area contributed by atoms with Gasteiger partial charge >= 0.3 is 0 Å². The zero-order valence-electron chi connectivity index (χ0n) is 10.7. The molecule has 98 valence electrons. The molecule has 3 heteroatoms. The second-order valence-electron chi connectivity index (χ2n) is 5.30. The Labute approximate surface area is 108 Å². The lowest BCUT2D eigenvalue weighted by atomic mass is 9.96. The van der Waals surface area contributed by atoms with Crippen molar-refractivity contribution < 1.29 is 9.47 Å². The van der Waals surface area contributed by atoms with Crippen LogP contribution >= 0.6 is 0 Å². The van der Waals surface area contributed by atoms with Gasteiger partial charge in [0.15, 0.2) is 0 Å². The predicted molar refractivity (Wildman–Crippen MR) is 70.8 cm³/mol. The summed E-state index contributed by atoms with van der Waals surface area (Å²) >= 11 is 0. The predicted octanol–water partition coefficient (Wildman–Crippen LogP) is 2.58. The van der Waals surface area contributed by atoms with Crippen molar-refractivity contribution >= 4 is 0 Å². The highest BCUT2D eigenvalue weighted by Gasteiger charge is 2.20. The van der Waals surface area contributed by atoms with Crippen LogP contribution in [-0.4, -0.2) is 19.3 Å². The molecule has 3 rings (SSSR count). The number of hydrogen-bond donors (Lipinski definition) is 1. The lowest BCUT2D eigenvalue weighted by molar-refractivity contribution is 0.00729. The minimum absolute atomic E-state index is 0.0824. The molecule has 0 spiro atoms. The summed E-state index contributed by atoms with van der Waals surface area (Å²) in [5.74, 6) is 1.03. The first-order valence-electron chi connectivity index (χ1n) is 6.96. The van der Waals surface area contributed by atoms with Gasteiger partial charge < -0.3 is 15.2 Å². The van der Waals surface area contributed by atoms with Gasteiger partial charge in [-0.15, -0.1) is 0 Å². The average molecular weight is 247 g/mol. The Balaban J connectivity index is 1.66. The van der Waals surface area contributed by atoms with Gasteiger partial charge in [-0.2, -0.15) is 0 Å². The highest BCUT2D eigenvalue weighted by Crippen LogP contribution is 2.30. The van der Waals surface area contributed by atoms with Gasteiger partial charge in [-0.25, -0.2) is 0 Å². The van der Waals surface area contributed by atoms with Crippen molar-refractivity contribution in [1.29, 1.82) is 0 Å². The first kappa shape index (κ1) is 12.0. The third-order valence-electron chi connectivity index (χ3n) is 3.93. The van der Waals surface area contributed by atoms with Crippen molar-refractivity contribution in [3.63, 3.8) is 0 Å². The van der Waals surface area contributed by atoms with Crippen LogP contribution < -0.4 is 10.5 Å². The Kier molecular flexibility index (Phi) is 3.52. The van der Waals surface area contributed by atoms with Crippen molar-refractivity contribution in [2.75, 3.05) is 13.2 Å². The molecule has 1 fully saturated rings. The first-order valence-corrected chi connectivity index (χ1v) is 6.96. The van der Waals surface area contributed by atoms with Crippen molar-refractivity contribution in [3.8, 4) is 5.75 Å². The van der Waals surface area contributed by atoms with Crippen LogP contribution in [0.5, 0.6) is 5.75 Å². The summed E-state index contributed by atoms with van der Waals surface area (Å²) in [6, 6.07) is 6.44. The molecule has 0 aromatic heterocycles.